The number of nitrogens with two attached hydrogens (primary N) is 1. The van der Waals surface area contributed by atoms with E-state index < -0.39 is 0 Å². The molecule has 0 bridgehead atoms. The fourth-order valence-corrected chi connectivity index (χ4v) is 2.57. The monoisotopic (exact) mass is 301 g/mol. The molecule has 3 aromatic rings. The first-order chi connectivity index (χ1) is 10.2. The molecule has 5 nitrogen and oxygen atoms in total. The van der Waals surface area contributed by atoms with Gasteiger partial charge in [0, 0.05) is 11.9 Å². The van der Waals surface area contributed by atoms with Gasteiger partial charge in [-0.2, -0.15) is 10.1 Å². The summed E-state index contributed by atoms with van der Waals surface area (Å²) in [5.41, 5.74) is 7.51. The molecule has 0 saturated carbocycles. The summed E-state index contributed by atoms with van der Waals surface area (Å²) in [6.45, 7) is 0. The lowest BCUT2D eigenvalue weighted by Crippen LogP contribution is -1.93. The lowest BCUT2D eigenvalue weighted by Gasteiger charge is -2.00. The van der Waals surface area contributed by atoms with Gasteiger partial charge < -0.3 is 5.73 Å². The van der Waals surface area contributed by atoms with Crippen molar-refractivity contribution in [1.29, 1.82) is 0 Å². The zero-order valence-electron chi connectivity index (χ0n) is 11.0. The average Bonchev–Trinajstić information content (AvgIpc) is 2.96. The Morgan fingerprint density at radius 3 is 2.86 bits per heavy atom. The number of nitrogens with zero attached hydrogens (tertiary/aromatic N) is 3. The number of nitrogen functional groups attached to an aromatic ring is 1. The van der Waals surface area contributed by atoms with E-state index in [9.17, 15) is 4.39 Å². The summed E-state index contributed by atoms with van der Waals surface area (Å²) < 4.78 is 13.5. The van der Waals surface area contributed by atoms with Crippen LogP contribution in [-0.4, -0.2) is 20.2 Å². The molecule has 2 aromatic heterocycles. The number of H-pyrrole nitrogens is 1. The first kappa shape index (κ1) is 13.6. The van der Waals surface area contributed by atoms with Gasteiger partial charge in [0.25, 0.3) is 0 Å². The minimum absolute atomic E-state index is 0.223. The van der Waals surface area contributed by atoms with Crippen LogP contribution in [0.3, 0.4) is 0 Å². The molecule has 0 fully saturated rings. The van der Waals surface area contributed by atoms with E-state index in [-0.39, 0.29) is 5.82 Å². The number of halogens is 1. The lowest BCUT2D eigenvalue weighted by atomic mass is 10.2. The van der Waals surface area contributed by atoms with Gasteiger partial charge in [0.1, 0.15) is 11.5 Å². The van der Waals surface area contributed by atoms with Gasteiger partial charge in [-0.15, -0.1) is 0 Å². The van der Waals surface area contributed by atoms with Crippen LogP contribution >= 0.6 is 11.8 Å². The standard InChI is InChI=1S/C14H12FN5S/c15-10-5-2-1-4-9(10)8-21-14-18-13(19-20-14)12-11(16)6-3-7-17-12/h1-7H,8,16H2,(H,18,19,20). The third-order valence-corrected chi connectivity index (χ3v) is 3.75. The van der Waals surface area contributed by atoms with Crippen molar-refractivity contribution in [3.8, 4) is 11.5 Å². The van der Waals surface area contributed by atoms with Crippen molar-refractivity contribution in [2.24, 2.45) is 0 Å². The third-order valence-electron chi connectivity index (χ3n) is 2.84. The molecule has 1 aromatic carbocycles. The molecule has 0 amide bonds. The Balaban J connectivity index is 1.74. The van der Waals surface area contributed by atoms with E-state index in [2.05, 4.69) is 20.2 Å². The van der Waals surface area contributed by atoms with E-state index >= 15 is 0 Å². The second-order valence-corrected chi connectivity index (χ2v) is 5.25. The summed E-state index contributed by atoms with van der Waals surface area (Å²) in [7, 11) is 0. The van der Waals surface area contributed by atoms with Gasteiger partial charge in [-0.1, -0.05) is 30.0 Å². The maximum absolute atomic E-state index is 13.5. The van der Waals surface area contributed by atoms with Crippen molar-refractivity contribution in [1.82, 2.24) is 20.2 Å². The van der Waals surface area contributed by atoms with Gasteiger partial charge in [0.15, 0.2) is 5.16 Å². The molecule has 0 radical (unpaired) electrons. The van der Waals surface area contributed by atoms with E-state index in [1.807, 2.05) is 0 Å². The number of nitrogens with one attached hydrogen (secondary N) is 1. The van der Waals surface area contributed by atoms with Crippen LogP contribution in [0.2, 0.25) is 0 Å². The number of hydrogen-bond acceptors (Lipinski definition) is 5. The molecule has 3 N–H and O–H groups in total. The second kappa shape index (κ2) is 5.92. The van der Waals surface area contributed by atoms with Crippen LogP contribution in [0.15, 0.2) is 47.8 Å². The van der Waals surface area contributed by atoms with Gasteiger partial charge in [-0.05, 0) is 23.8 Å². The molecule has 0 aliphatic carbocycles. The summed E-state index contributed by atoms with van der Waals surface area (Å²) in [5, 5.41) is 7.49. The van der Waals surface area contributed by atoms with Gasteiger partial charge in [0.05, 0.1) is 5.69 Å². The van der Waals surface area contributed by atoms with Crippen molar-refractivity contribution in [3.05, 3.63) is 54.0 Å². The highest BCUT2D eigenvalue weighted by atomic mass is 32.2. The minimum atomic E-state index is -0.223. The largest absolute Gasteiger partial charge is 0.397 e. The van der Waals surface area contributed by atoms with Gasteiger partial charge in [-0.25, -0.2) is 4.39 Å². The maximum Gasteiger partial charge on any atom is 0.202 e. The molecule has 3 rings (SSSR count). The van der Waals surface area contributed by atoms with Gasteiger partial charge >= 0.3 is 0 Å². The van der Waals surface area contributed by atoms with Crippen LogP contribution in [0, 0.1) is 5.82 Å². The Morgan fingerprint density at radius 2 is 2.05 bits per heavy atom. The summed E-state index contributed by atoms with van der Waals surface area (Å²) in [4.78, 5) is 8.47. The predicted molar refractivity (Wildman–Crippen MR) is 80.0 cm³/mol. The highest BCUT2D eigenvalue weighted by Gasteiger charge is 2.11. The minimum Gasteiger partial charge on any atom is -0.397 e. The number of hydrogen-bond donors (Lipinski definition) is 2. The van der Waals surface area contributed by atoms with Crippen molar-refractivity contribution in [2.45, 2.75) is 10.9 Å². The van der Waals surface area contributed by atoms with Crippen molar-refractivity contribution in [3.63, 3.8) is 0 Å². The second-order valence-electron chi connectivity index (χ2n) is 4.29. The summed E-state index contributed by atoms with van der Waals surface area (Å²) in [6.07, 6.45) is 1.63. The van der Waals surface area contributed by atoms with Gasteiger partial charge in [0.2, 0.25) is 5.82 Å². The Labute approximate surface area is 124 Å². The van der Waals surface area contributed by atoms with Crippen molar-refractivity contribution < 1.29 is 4.39 Å². The van der Waals surface area contributed by atoms with E-state index in [0.717, 1.165) is 0 Å². The summed E-state index contributed by atoms with van der Waals surface area (Å²) >= 11 is 1.37. The summed E-state index contributed by atoms with van der Waals surface area (Å²) in [5.74, 6) is 0.682. The fourth-order valence-electron chi connectivity index (χ4n) is 1.78. The zero-order valence-corrected chi connectivity index (χ0v) is 11.8. The number of benzene rings is 1. The maximum atomic E-state index is 13.5. The SMILES string of the molecule is Nc1cccnc1-c1n[nH]c(SCc2ccccc2F)n1. The third kappa shape index (κ3) is 3.03. The predicted octanol–water partition coefficient (Wildman–Crippen LogP) is 2.88. The first-order valence-electron chi connectivity index (χ1n) is 6.23. The molecule has 2 heterocycles. The van der Waals surface area contributed by atoms with E-state index in [4.69, 9.17) is 5.73 Å². The average molecular weight is 301 g/mol. The Kier molecular flexibility index (Phi) is 3.83. The summed E-state index contributed by atoms with van der Waals surface area (Å²) in [6, 6.07) is 10.1. The molecule has 106 valence electrons. The number of aromatic nitrogens is 4. The number of pyridine rings is 1. The Morgan fingerprint density at radius 1 is 1.19 bits per heavy atom. The number of aromatic amines is 1. The quantitative estimate of drug-likeness (QED) is 0.724. The Bertz CT molecular complexity index is 758. The van der Waals surface area contributed by atoms with Crippen LogP contribution < -0.4 is 5.73 Å². The van der Waals surface area contributed by atoms with Crippen LogP contribution in [0.1, 0.15) is 5.56 Å². The fraction of sp³-hybridized carbons (Fsp3) is 0.0714. The molecule has 0 unspecified atom stereocenters. The smallest absolute Gasteiger partial charge is 0.202 e. The highest BCUT2D eigenvalue weighted by molar-refractivity contribution is 7.98. The topological polar surface area (TPSA) is 80.5 Å². The molecule has 0 spiro atoms. The molecule has 0 aliphatic rings. The van der Waals surface area contributed by atoms with Crippen LogP contribution in [-0.2, 0) is 5.75 Å². The number of anilines is 1. The van der Waals surface area contributed by atoms with Crippen molar-refractivity contribution >= 4 is 17.4 Å². The molecule has 21 heavy (non-hydrogen) atoms. The van der Waals surface area contributed by atoms with Gasteiger partial charge in [-0.3, -0.25) is 10.1 Å². The molecule has 0 saturated heterocycles. The Hall–Kier alpha value is -2.41. The first-order valence-corrected chi connectivity index (χ1v) is 7.22. The van der Waals surface area contributed by atoms with Crippen LogP contribution in [0.25, 0.3) is 11.5 Å². The number of thioether (sulfide) groups is 1. The molecule has 0 atom stereocenters. The van der Waals surface area contributed by atoms with E-state index in [1.54, 1.807) is 36.5 Å². The van der Waals surface area contributed by atoms with E-state index in [1.165, 1.54) is 17.8 Å². The molecule has 7 heteroatoms. The molecule has 0 aliphatic heterocycles. The lowest BCUT2D eigenvalue weighted by molar-refractivity contribution is 0.617. The van der Waals surface area contributed by atoms with E-state index in [0.29, 0.717) is 33.7 Å². The van der Waals surface area contributed by atoms with Crippen LogP contribution in [0.5, 0.6) is 0 Å². The zero-order chi connectivity index (χ0) is 14.7. The number of rotatable bonds is 4. The molecular formula is C14H12FN5S. The van der Waals surface area contributed by atoms with Crippen molar-refractivity contribution in [2.75, 3.05) is 5.73 Å². The van der Waals surface area contributed by atoms with Crippen LogP contribution in [0.4, 0.5) is 10.1 Å². The highest BCUT2D eigenvalue weighted by Crippen LogP contribution is 2.24. The molecular weight excluding hydrogens is 289 g/mol. The normalized spacial score (nSPS) is 10.7.